The molecule has 0 aliphatic rings. The van der Waals surface area contributed by atoms with E-state index in [1.54, 1.807) is 18.8 Å². The number of nitrogens with one attached hydrogen (secondary N) is 3. The van der Waals surface area contributed by atoms with Gasteiger partial charge in [0.15, 0.2) is 0 Å². The van der Waals surface area contributed by atoms with Crippen LogP contribution in [0, 0.1) is 11.5 Å². The first-order valence-electron chi connectivity index (χ1n) is 8.37. The van der Waals surface area contributed by atoms with Crippen LogP contribution in [0.1, 0.15) is 11.4 Å². The van der Waals surface area contributed by atoms with Crippen LogP contribution in [0.5, 0.6) is 0 Å². The molecule has 2 aromatic heterocycles. The molecule has 1 radical (unpaired) electrons. The largest absolute Gasteiger partial charge is 0.353 e. The molecule has 2 heterocycles. The van der Waals surface area contributed by atoms with E-state index < -0.39 is 0 Å². The molecule has 2 rings (SSSR count). The van der Waals surface area contributed by atoms with Crippen molar-refractivity contribution < 1.29 is 0 Å². The topological polar surface area (TPSA) is 120 Å². The minimum absolute atomic E-state index is 0.424. The van der Waals surface area contributed by atoms with E-state index >= 15 is 0 Å². The van der Waals surface area contributed by atoms with Crippen molar-refractivity contribution in [3.05, 3.63) is 36.4 Å². The Kier molecular flexibility index (Phi) is 10.2. The molecule has 0 bridgehead atoms. The van der Waals surface area contributed by atoms with Gasteiger partial charge in [0, 0.05) is 43.3 Å². The number of thioether (sulfide) groups is 2. The van der Waals surface area contributed by atoms with Crippen LogP contribution >= 0.6 is 23.5 Å². The second kappa shape index (κ2) is 13.1. The molecule has 10 heteroatoms. The molecule has 0 atom stereocenters. The fourth-order valence-corrected chi connectivity index (χ4v) is 3.62. The van der Waals surface area contributed by atoms with Crippen LogP contribution in [0.2, 0.25) is 0 Å². The average Bonchev–Trinajstić information content (AvgIpc) is 3.34. The van der Waals surface area contributed by atoms with Crippen molar-refractivity contribution in [3.8, 4) is 6.19 Å². The fourth-order valence-electron chi connectivity index (χ4n) is 2.04. The number of rotatable bonds is 12. The van der Waals surface area contributed by atoms with E-state index in [0.717, 1.165) is 53.8 Å². The van der Waals surface area contributed by atoms with Gasteiger partial charge in [-0.3, -0.25) is 0 Å². The van der Waals surface area contributed by atoms with Crippen LogP contribution in [-0.2, 0) is 12.8 Å². The summed E-state index contributed by atoms with van der Waals surface area (Å²) in [6, 6.07) is 0. The predicted octanol–water partition coefficient (Wildman–Crippen LogP) is 1.42. The molecular weight excluding hydrogens is 368 g/mol. The van der Waals surface area contributed by atoms with Gasteiger partial charge in [-0.1, -0.05) is 0 Å². The highest BCUT2D eigenvalue weighted by molar-refractivity contribution is 7.99. The lowest BCUT2D eigenvalue weighted by Crippen LogP contribution is -2.32. The first-order chi connectivity index (χ1) is 12.9. The molecular formula is C16H23N8S2. The van der Waals surface area contributed by atoms with E-state index in [0.29, 0.717) is 12.5 Å². The van der Waals surface area contributed by atoms with Crippen LogP contribution in [-0.4, -0.2) is 62.0 Å². The first-order valence-corrected chi connectivity index (χ1v) is 10.7. The molecule has 0 fully saturated rings. The third-order valence-electron chi connectivity index (χ3n) is 3.30. The molecule has 0 unspecified atom stereocenters. The quantitative estimate of drug-likeness (QED) is 0.218. The molecule has 3 N–H and O–H groups in total. The van der Waals surface area contributed by atoms with E-state index in [1.165, 1.54) is 0 Å². The van der Waals surface area contributed by atoms with Gasteiger partial charge in [-0.25, -0.2) is 15.0 Å². The van der Waals surface area contributed by atoms with Crippen molar-refractivity contribution in [2.24, 2.45) is 4.99 Å². The maximum Gasteiger partial charge on any atom is 0.229 e. The lowest BCUT2D eigenvalue weighted by molar-refractivity contribution is 0.912. The van der Waals surface area contributed by atoms with Crippen molar-refractivity contribution in [2.75, 3.05) is 36.1 Å². The smallest absolute Gasteiger partial charge is 0.229 e. The zero-order valence-electron chi connectivity index (χ0n) is 14.5. The van der Waals surface area contributed by atoms with Crippen LogP contribution in [0.25, 0.3) is 0 Å². The maximum atomic E-state index is 8.76. The van der Waals surface area contributed by atoms with Gasteiger partial charge in [-0.2, -0.15) is 28.8 Å². The SMILES string of the molecule is N#C[N]/C(=N\CCSCCc1c[nH]cn1)NCCSCCc1c[nH]cn1. The molecule has 139 valence electrons. The summed E-state index contributed by atoms with van der Waals surface area (Å²) in [6.45, 7) is 1.38. The van der Waals surface area contributed by atoms with Gasteiger partial charge in [-0.05, 0) is 11.5 Å². The molecule has 0 aliphatic heterocycles. The Morgan fingerprint density at radius 1 is 1.04 bits per heavy atom. The highest BCUT2D eigenvalue weighted by atomic mass is 32.2. The number of guanidine groups is 1. The molecule has 0 amide bonds. The number of aliphatic imine (C=N–C) groups is 1. The molecule has 0 saturated heterocycles. The summed E-state index contributed by atoms with van der Waals surface area (Å²) in [6.07, 6.45) is 10.9. The summed E-state index contributed by atoms with van der Waals surface area (Å²) in [4.78, 5) is 18.6. The average molecular weight is 392 g/mol. The number of aromatic amines is 2. The molecule has 2 aromatic rings. The summed E-state index contributed by atoms with van der Waals surface area (Å²) in [5.74, 6) is 4.28. The Morgan fingerprint density at radius 2 is 1.69 bits per heavy atom. The number of H-pyrrole nitrogens is 2. The number of aryl methyl sites for hydroxylation is 2. The van der Waals surface area contributed by atoms with Crippen molar-refractivity contribution >= 4 is 29.5 Å². The fraction of sp³-hybridized carbons (Fsp3) is 0.500. The van der Waals surface area contributed by atoms with E-state index in [9.17, 15) is 0 Å². The van der Waals surface area contributed by atoms with E-state index in [4.69, 9.17) is 5.26 Å². The molecule has 0 spiro atoms. The third-order valence-corrected chi connectivity index (χ3v) is 5.25. The molecule has 0 aliphatic carbocycles. The number of hydrogen-bond acceptors (Lipinski definition) is 6. The zero-order chi connectivity index (χ0) is 18.3. The Hall–Kier alpha value is -2.12. The maximum absolute atomic E-state index is 8.76. The minimum atomic E-state index is 0.424. The molecule has 8 nitrogen and oxygen atoms in total. The normalized spacial score (nSPS) is 11.3. The van der Waals surface area contributed by atoms with Gasteiger partial charge in [0.25, 0.3) is 0 Å². The second-order valence-corrected chi connectivity index (χ2v) is 7.64. The third kappa shape index (κ3) is 8.82. The summed E-state index contributed by atoms with van der Waals surface area (Å²) in [5.41, 5.74) is 2.16. The Labute approximate surface area is 162 Å². The van der Waals surface area contributed by atoms with Crippen molar-refractivity contribution in [1.82, 2.24) is 30.6 Å². The summed E-state index contributed by atoms with van der Waals surface area (Å²) in [7, 11) is 0. The van der Waals surface area contributed by atoms with Crippen LogP contribution in [0.3, 0.4) is 0 Å². The van der Waals surface area contributed by atoms with E-state index in [-0.39, 0.29) is 0 Å². The van der Waals surface area contributed by atoms with E-state index in [2.05, 4.69) is 35.6 Å². The Morgan fingerprint density at radius 3 is 2.27 bits per heavy atom. The summed E-state index contributed by atoms with van der Waals surface area (Å²) >= 11 is 3.66. The lowest BCUT2D eigenvalue weighted by Gasteiger charge is -2.06. The van der Waals surface area contributed by atoms with Crippen LogP contribution in [0.4, 0.5) is 0 Å². The Bertz CT molecular complexity index is 648. The van der Waals surface area contributed by atoms with Gasteiger partial charge in [-0.15, -0.1) is 5.32 Å². The zero-order valence-corrected chi connectivity index (χ0v) is 16.2. The number of aromatic nitrogens is 4. The highest BCUT2D eigenvalue weighted by Gasteiger charge is 2.00. The van der Waals surface area contributed by atoms with Gasteiger partial charge in [0.2, 0.25) is 12.2 Å². The van der Waals surface area contributed by atoms with Gasteiger partial charge < -0.3 is 15.3 Å². The number of hydrogen-bond donors (Lipinski definition) is 3. The summed E-state index contributed by atoms with van der Waals surface area (Å²) in [5, 5.41) is 15.6. The number of nitrogens with zero attached hydrogens (tertiary/aromatic N) is 5. The monoisotopic (exact) mass is 391 g/mol. The number of imidazole rings is 2. The lowest BCUT2D eigenvalue weighted by atomic mass is 10.4. The predicted molar refractivity (Wildman–Crippen MR) is 107 cm³/mol. The van der Waals surface area contributed by atoms with Gasteiger partial charge >= 0.3 is 0 Å². The van der Waals surface area contributed by atoms with Crippen LogP contribution < -0.4 is 10.6 Å². The van der Waals surface area contributed by atoms with Crippen molar-refractivity contribution in [2.45, 2.75) is 12.8 Å². The summed E-state index contributed by atoms with van der Waals surface area (Å²) < 4.78 is 0. The molecule has 0 aromatic carbocycles. The first kappa shape index (κ1) is 20.2. The second-order valence-electron chi connectivity index (χ2n) is 5.19. The molecule has 26 heavy (non-hydrogen) atoms. The Balaban J connectivity index is 1.50. The standard InChI is InChI=1S/C16H23N8S2/c17-11-22-16(20-3-7-25-5-1-14-9-18-12-23-14)21-4-8-26-6-2-15-10-19-13-24-15/h9-10,12-13H,1-8H2,(H,18,23)(H,19,24)(H,20,21). The minimum Gasteiger partial charge on any atom is -0.353 e. The van der Waals surface area contributed by atoms with Crippen molar-refractivity contribution in [1.29, 1.82) is 5.26 Å². The molecule has 0 saturated carbocycles. The van der Waals surface area contributed by atoms with Crippen molar-refractivity contribution in [3.63, 3.8) is 0 Å². The van der Waals surface area contributed by atoms with Gasteiger partial charge in [0.1, 0.15) is 0 Å². The highest BCUT2D eigenvalue weighted by Crippen LogP contribution is 2.05. The van der Waals surface area contributed by atoms with E-state index in [1.807, 2.05) is 35.9 Å². The van der Waals surface area contributed by atoms with Crippen LogP contribution in [0.15, 0.2) is 30.0 Å². The van der Waals surface area contributed by atoms with Gasteiger partial charge in [0.05, 0.1) is 30.6 Å². The number of nitriles is 1.